The van der Waals surface area contributed by atoms with Crippen molar-refractivity contribution in [1.82, 2.24) is 0 Å². The first kappa shape index (κ1) is 61.9. The number of aliphatic hydroxyl groups is 14. The van der Waals surface area contributed by atoms with E-state index in [1.54, 1.807) is 7.11 Å². The van der Waals surface area contributed by atoms with E-state index in [0.29, 0.717) is 25.7 Å². The maximum absolute atomic E-state index is 12.9. The standard InChI is InChI=1S/C54H92O23/c1-49(2,69-9)14-10-15-54(8,77-47-43(68)39(64)37(62)29(74-47)23-71-45-41(66)34(59)26(58)22-70-45)24-11-17-53(7)33(24)25(57)19-31-51(5)16-13-32(50(3,4)30(51)12-18-52(31,53)6)75-48-44(40(65)36(61)28(21-56)73-48)76-46-42(67)38(63)35(60)27(20-55)72-46/h10,14,24-48,55-68H,11-13,15-23H2,1-9H3. The molecule has 0 aromatic carbocycles. The lowest BCUT2D eigenvalue weighted by atomic mass is 9.35. The summed E-state index contributed by atoms with van der Waals surface area (Å²) in [6, 6.07) is 0. The fourth-order valence-corrected chi connectivity index (χ4v) is 15.9. The second kappa shape index (κ2) is 23.1. The van der Waals surface area contributed by atoms with E-state index >= 15 is 0 Å². The first-order valence-electron chi connectivity index (χ1n) is 27.7. The highest BCUT2D eigenvalue weighted by Gasteiger charge is 2.72. The molecule has 4 aliphatic carbocycles. The molecule has 29 unspecified atom stereocenters. The maximum atomic E-state index is 12.9. The van der Waals surface area contributed by atoms with Crippen LogP contribution in [0.3, 0.4) is 0 Å². The number of fused-ring (bicyclic) bond motifs is 5. The smallest absolute Gasteiger partial charge is 0.187 e. The summed E-state index contributed by atoms with van der Waals surface area (Å²) in [5, 5.41) is 152. The van der Waals surface area contributed by atoms with Gasteiger partial charge in [0, 0.05) is 7.11 Å². The van der Waals surface area contributed by atoms with Crippen LogP contribution in [0.5, 0.6) is 0 Å². The van der Waals surface area contributed by atoms with E-state index in [2.05, 4.69) is 34.6 Å². The zero-order chi connectivity index (χ0) is 56.7. The molecule has 0 amide bonds. The van der Waals surface area contributed by atoms with Gasteiger partial charge in [-0.05, 0) is 117 Å². The Morgan fingerprint density at radius 3 is 1.78 bits per heavy atom. The van der Waals surface area contributed by atoms with Gasteiger partial charge in [0.05, 0.1) is 49.8 Å². The van der Waals surface area contributed by atoms with E-state index in [1.165, 1.54) is 0 Å². The molecule has 4 saturated heterocycles. The van der Waals surface area contributed by atoms with Crippen molar-refractivity contribution in [3.63, 3.8) is 0 Å². The van der Waals surface area contributed by atoms with Crippen LogP contribution >= 0.6 is 0 Å². The molecule has 14 N–H and O–H groups in total. The molecule has 446 valence electrons. The van der Waals surface area contributed by atoms with Crippen molar-refractivity contribution in [3.05, 3.63) is 12.2 Å². The Kier molecular flexibility index (Phi) is 18.6. The number of ether oxygens (including phenoxy) is 9. The second-order valence-electron chi connectivity index (χ2n) is 25.9. The van der Waals surface area contributed by atoms with Crippen molar-refractivity contribution in [2.24, 2.45) is 45.3 Å². The summed E-state index contributed by atoms with van der Waals surface area (Å²) in [6.45, 7) is 14.8. The van der Waals surface area contributed by atoms with Crippen molar-refractivity contribution in [1.29, 1.82) is 0 Å². The molecule has 0 bridgehead atoms. The molecular weight excluding hydrogens is 1020 g/mol. The highest BCUT2D eigenvalue weighted by molar-refractivity contribution is 5.21. The Hall–Kier alpha value is -1.18. The molecule has 0 spiro atoms. The molecule has 77 heavy (non-hydrogen) atoms. The van der Waals surface area contributed by atoms with Crippen molar-refractivity contribution >= 4 is 0 Å². The van der Waals surface area contributed by atoms with Gasteiger partial charge in [-0.15, -0.1) is 0 Å². The minimum absolute atomic E-state index is 0.0272. The summed E-state index contributed by atoms with van der Waals surface area (Å²) in [5.74, 6) is -0.567. The summed E-state index contributed by atoms with van der Waals surface area (Å²) in [5.41, 5.74) is -3.46. The molecular formula is C54H92O23. The Bertz CT molecular complexity index is 2000. The predicted molar refractivity (Wildman–Crippen MR) is 266 cm³/mol. The molecule has 23 nitrogen and oxygen atoms in total. The Balaban J connectivity index is 1.02. The number of methoxy groups -OCH3 is 1. The quantitative estimate of drug-likeness (QED) is 0.0591. The average Bonchev–Trinajstić information content (AvgIpc) is 3.80. The third-order valence-corrected chi connectivity index (χ3v) is 20.9. The topological polar surface area (TPSA) is 366 Å². The Labute approximate surface area is 450 Å². The van der Waals surface area contributed by atoms with Crippen molar-refractivity contribution in [2.75, 3.05) is 33.5 Å². The van der Waals surface area contributed by atoms with Crippen LogP contribution in [0.15, 0.2) is 12.2 Å². The van der Waals surface area contributed by atoms with E-state index in [-0.39, 0.29) is 47.5 Å². The van der Waals surface area contributed by atoms with E-state index < -0.39 is 171 Å². The SMILES string of the molecule is COC(C)(C)C=CCC(C)(OC1OC(COC2OCC(O)C(O)C2O)C(O)C(O)C1O)C1CCC2(C)C1C(O)CC1C3(C)CCC(OC4OC(CO)C(O)C(O)C4OC4OC(CO)C(O)C(O)C4O)C(C)(C)C3CCC12C. The number of aliphatic hydroxyl groups excluding tert-OH is 14. The molecule has 8 fully saturated rings. The Morgan fingerprint density at radius 1 is 0.571 bits per heavy atom. The van der Waals surface area contributed by atoms with Crippen LogP contribution in [-0.2, 0) is 42.6 Å². The normalized spacial score (nSPS) is 52.1. The lowest BCUT2D eigenvalue weighted by molar-refractivity contribution is -0.378. The lowest BCUT2D eigenvalue weighted by Crippen LogP contribution is -2.68. The number of hydrogen-bond donors (Lipinski definition) is 14. The molecule has 4 saturated carbocycles. The lowest BCUT2D eigenvalue weighted by Gasteiger charge is -2.71. The molecule has 23 heteroatoms. The maximum Gasteiger partial charge on any atom is 0.187 e. The van der Waals surface area contributed by atoms with Gasteiger partial charge in [0.25, 0.3) is 0 Å². The van der Waals surface area contributed by atoms with Crippen LogP contribution in [0.25, 0.3) is 0 Å². The van der Waals surface area contributed by atoms with Gasteiger partial charge in [-0.1, -0.05) is 46.8 Å². The predicted octanol–water partition coefficient (Wildman–Crippen LogP) is -1.94. The fraction of sp³-hybridized carbons (Fsp3) is 0.963. The van der Waals surface area contributed by atoms with Crippen LogP contribution < -0.4 is 0 Å². The third-order valence-electron chi connectivity index (χ3n) is 20.9. The van der Waals surface area contributed by atoms with Crippen LogP contribution in [0, 0.1) is 45.3 Å². The summed E-state index contributed by atoms with van der Waals surface area (Å²) in [4.78, 5) is 0. The third kappa shape index (κ3) is 11.0. The first-order chi connectivity index (χ1) is 35.9. The summed E-state index contributed by atoms with van der Waals surface area (Å²) in [7, 11) is 1.60. The summed E-state index contributed by atoms with van der Waals surface area (Å²) >= 11 is 0. The van der Waals surface area contributed by atoms with Gasteiger partial charge < -0.3 is 114 Å². The van der Waals surface area contributed by atoms with Crippen molar-refractivity contribution in [3.8, 4) is 0 Å². The highest BCUT2D eigenvalue weighted by atomic mass is 16.8. The van der Waals surface area contributed by atoms with E-state index in [9.17, 15) is 71.5 Å². The fourth-order valence-electron chi connectivity index (χ4n) is 15.9. The molecule has 29 atom stereocenters. The number of rotatable bonds is 16. The molecule has 0 radical (unpaired) electrons. The largest absolute Gasteiger partial charge is 0.394 e. The van der Waals surface area contributed by atoms with Gasteiger partial charge in [-0.3, -0.25) is 0 Å². The molecule has 0 aromatic rings. The minimum atomic E-state index is -1.82. The zero-order valence-electron chi connectivity index (χ0n) is 46.0. The highest BCUT2D eigenvalue weighted by Crippen LogP contribution is 2.76. The van der Waals surface area contributed by atoms with Gasteiger partial charge in [-0.2, -0.15) is 0 Å². The molecule has 8 rings (SSSR count). The molecule has 0 aromatic heterocycles. The van der Waals surface area contributed by atoms with Crippen LogP contribution in [0.4, 0.5) is 0 Å². The monoisotopic (exact) mass is 1110 g/mol. The molecule has 8 aliphatic rings. The van der Waals surface area contributed by atoms with Crippen molar-refractivity contribution < 1.29 is 114 Å². The summed E-state index contributed by atoms with van der Waals surface area (Å²) < 4.78 is 54.5. The van der Waals surface area contributed by atoms with E-state index in [1.807, 2.05) is 32.9 Å². The van der Waals surface area contributed by atoms with Gasteiger partial charge in [0.1, 0.15) is 91.6 Å². The second-order valence-corrected chi connectivity index (χ2v) is 25.9. The van der Waals surface area contributed by atoms with Gasteiger partial charge >= 0.3 is 0 Å². The van der Waals surface area contributed by atoms with Gasteiger partial charge in [0.15, 0.2) is 25.2 Å². The van der Waals surface area contributed by atoms with E-state index in [4.69, 9.17) is 42.6 Å². The number of hydrogen-bond acceptors (Lipinski definition) is 23. The molecule has 4 aliphatic heterocycles. The first-order valence-corrected chi connectivity index (χ1v) is 27.7. The van der Waals surface area contributed by atoms with Crippen LogP contribution in [0.1, 0.15) is 107 Å². The van der Waals surface area contributed by atoms with Crippen LogP contribution in [-0.4, -0.2) is 245 Å². The zero-order valence-corrected chi connectivity index (χ0v) is 46.0. The van der Waals surface area contributed by atoms with Crippen molar-refractivity contribution in [2.45, 2.75) is 247 Å². The summed E-state index contributed by atoms with van der Waals surface area (Å²) in [6.07, 6.45) is -22.2. The van der Waals surface area contributed by atoms with Gasteiger partial charge in [0.2, 0.25) is 0 Å². The van der Waals surface area contributed by atoms with E-state index in [0.717, 1.165) is 19.3 Å². The van der Waals surface area contributed by atoms with Crippen LogP contribution in [0.2, 0.25) is 0 Å². The average molecular weight is 1110 g/mol. The van der Waals surface area contributed by atoms with Gasteiger partial charge in [-0.25, -0.2) is 0 Å². The Morgan fingerprint density at radius 2 is 1.14 bits per heavy atom. The molecule has 4 heterocycles. The minimum Gasteiger partial charge on any atom is -0.394 e.